The summed E-state index contributed by atoms with van der Waals surface area (Å²) in [5.74, 6) is 0.504. The summed E-state index contributed by atoms with van der Waals surface area (Å²) in [5, 5.41) is 4.05. The number of rotatable bonds is 1. The molecular weight excluding hydrogens is 240 g/mol. The minimum atomic E-state index is 0.0402. The van der Waals surface area contributed by atoms with E-state index in [-0.39, 0.29) is 5.91 Å². The Kier molecular flexibility index (Phi) is 2.99. The molecule has 0 aromatic carbocycles. The standard InChI is InChI=1S/C14H22N4O/c1-17-12(15)11(10-16-17)13(19)18-8-6-14(7-9-18)4-2-3-5-14/h10H,2-9,15H2,1H3. The molecule has 5 nitrogen and oxygen atoms in total. The molecule has 19 heavy (non-hydrogen) atoms. The van der Waals surface area contributed by atoms with Gasteiger partial charge in [-0.3, -0.25) is 9.48 Å². The molecule has 1 saturated carbocycles. The van der Waals surface area contributed by atoms with Gasteiger partial charge in [-0.1, -0.05) is 12.8 Å². The number of likely N-dealkylation sites (tertiary alicyclic amines) is 1. The third-order valence-electron chi connectivity index (χ3n) is 4.99. The average Bonchev–Trinajstić information content (AvgIpc) is 2.99. The predicted octanol–water partition coefficient (Wildman–Crippen LogP) is 1.80. The summed E-state index contributed by atoms with van der Waals surface area (Å²) in [6, 6.07) is 0. The molecule has 0 unspecified atom stereocenters. The summed E-state index contributed by atoms with van der Waals surface area (Å²) in [6.07, 6.45) is 9.32. The fourth-order valence-corrected chi connectivity index (χ4v) is 3.59. The molecule has 1 aromatic heterocycles. The van der Waals surface area contributed by atoms with Crippen LogP contribution in [0.25, 0.3) is 0 Å². The highest BCUT2D eigenvalue weighted by Gasteiger charge is 2.38. The molecule has 2 aliphatic rings. The molecule has 0 bridgehead atoms. The molecule has 5 heteroatoms. The van der Waals surface area contributed by atoms with Crippen LogP contribution in [0.4, 0.5) is 5.82 Å². The van der Waals surface area contributed by atoms with Crippen molar-refractivity contribution in [3.8, 4) is 0 Å². The van der Waals surface area contributed by atoms with Crippen molar-refractivity contribution in [3.05, 3.63) is 11.8 Å². The lowest BCUT2D eigenvalue weighted by Crippen LogP contribution is -2.42. The van der Waals surface area contributed by atoms with Crippen molar-refractivity contribution in [2.75, 3.05) is 18.8 Å². The Morgan fingerprint density at radius 3 is 2.42 bits per heavy atom. The third kappa shape index (κ3) is 2.11. The molecule has 2 fully saturated rings. The van der Waals surface area contributed by atoms with E-state index in [0.717, 1.165) is 25.9 Å². The second-order valence-corrected chi connectivity index (χ2v) is 6.07. The molecule has 1 saturated heterocycles. The van der Waals surface area contributed by atoms with Gasteiger partial charge in [0.1, 0.15) is 11.4 Å². The van der Waals surface area contributed by atoms with E-state index in [0.29, 0.717) is 16.8 Å². The number of nitrogen functional groups attached to an aromatic ring is 1. The lowest BCUT2D eigenvalue weighted by molar-refractivity contribution is 0.0588. The van der Waals surface area contributed by atoms with E-state index in [1.165, 1.54) is 25.7 Å². The lowest BCUT2D eigenvalue weighted by atomic mass is 9.77. The number of nitrogens with two attached hydrogens (primary N) is 1. The first-order valence-electron chi connectivity index (χ1n) is 7.18. The maximum absolute atomic E-state index is 12.4. The zero-order chi connectivity index (χ0) is 13.5. The van der Waals surface area contributed by atoms with Crippen molar-refractivity contribution in [1.82, 2.24) is 14.7 Å². The summed E-state index contributed by atoms with van der Waals surface area (Å²) in [5.41, 5.74) is 6.96. The van der Waals surface area contributed by atoms with Gasteiger partial charge in [-0.25, -0.2) is 0 Å². The summed E-state index contributed by atoms with van der Waals surface area (Å²) in [7, 11) is 1.76. The van der Waals surface area contributed by atoms with E-state index in [2.05, 4.69) is 5.10 Å². The number of carbonyl (C=O) groups is 1. The number of aryl methyl sites for hydroxylation is 1. The van der Waals surface area contributed by atoms with E-state index in [1.54, 1.807) is 17.9 Å². The van der Waals surface area contributed by atoms with Crippen LogP contribution in [0.1, 0.15) is 48.9 Å². The van der Waals surface area contributed by atoms with Crippen LogP contribution in [0.5, 0.6) is 0 Å². The van der Waals surface area contributed by atoms with Crippen LogP contribution in [0.3, 0.4) is 0 Å². The number of hydrogen-bond donors (Lipinski definition) is 1. The van der Waals surface area contributed by atoms with Crippen LogP contribution in [0.2, 0.25) is 0 Å². The van der Waals surface area contributed by atoms with E-state index >= 15 is 0 Å². The van der Waals surface area contributed by atoms with Crippen LogP contribution in [0.15, 0.2) is 6.20 Å². The van der Waals surface area contributed by atoms with Gasteiger partial charge in [0.15, 0.2) is 0 Å². The average molecular weight is 262 g/mol. The summed E-state index contributed by atoms with van der Waals surface area (Å²) in [6.45, 7) is 1.74. The number of nitrogens with zero attached hydrogens (tertiary/aromatic N) is 3. The highest BCUT2D eigenvalue weighted by atomic mass is 16.2. The molecule has 1 aliphatic carbocycles. The second-order valence-electron chi connectivity index (χ2n) is 6.07. The summed E-state index contributed by atoms with van der Waals surface area (Å²) >= 11 is 0. The third-order valence-corrected chi connectivity index (χ3v) is 4.99. The smallest absolute Gasteiger partial charge is 0.259 e. The van der Waals surface area contributed by atoms with E-state index in [4.69, 9.17) is 5.73 Å². The maximum atomic E-state index is 12.4. The van der Waals surface area contributed by atoms with Crippen molar-refractivity contribution in [2.45, 2.75) is 38.5 Å². The molecular formula is C14H22N4O. The second kappa shape index (κ2) is 4.54. The molecule has 1 aliphatic heterocycles. The zero-order valence-electron chi connectivity index (χ0n) is 11.6. The quantitative estimate of drug-likeness (QED) is 0.839. The molecule has 1 amide bonds. The van der Waals surface area contributed by atoms with Gasteiger partial charge < -0.3 is 10.6 Å². The fraction of sp³-hybridized carbons (Fsp3) is 0.714. The largest absolute Gasteiger partial charge is 0.383 e. The highest BCUT2D eigenvalue weighted by Crippen LogP contribution is 2.46. The highest BCUT2D eigenvalue weighted by molar-refractivity contribution is 5.98. The summed E-state index contributed by atoms with van der Waals surface area (Å²) < 4.78 is 1.55. The number of carbonyl (C=O) groups excluding carboxylic acids is 1. The van der Waals surface area contributed by atoms with Crippen molar-refractivity contribution >= 4 is 11.7 Å². The topological polar surface area (TPSA) is 64.2 Å². The Hall–Kier alpha value is -1.52. The first kappa shape index (κ1) is 12.5. The Morgan fingerprint density at radius 1 is 1.26 bits per heavy atom. The number of hydrogen-bond acceptors (Lipinski definition) is 3. The number of anilines is 1. The van der Waals surface area contributed by atoms with Crippen LogP contribution < -0.4 is 5.73 Å². The Bertz CT molecular complexity index is 478. The number of aromatic nitrogens is 2. The van der Waals surface area contributed by atoms with Crippen LogP contribution in [-0.4, -0.2) is 33.7 Å². The lowest BCUT2D eigenvalue weighted by Gasteiger charge is -2.39. The molecule has 1 spiro atoms. The van der Waals surface area contributed by atoms with Gasteiger partial charge in [0.05, 0.1) is 6.20 Å². The van der Waals surface area contributed by atoms with Gasteiger partial charge in [-0.2, -0.15) is 5.10 Å². The fourth-order valence-electron chi connectivity index (χ4n) is 3.59. The van der Waals surface area contributed by atoms with Gasteiger partial charge in [0, 0.05) is 20.1 Å². The van der Waals surface area contributed by atoms with Gasteiger partial charge in [-0.05, 0) is 31.1 Å². The molecule has 0 radical (unpaired) electrons. The van der Waals surface area contributed by atoms with Crippen molar-refractivity contribution in [3.63, 3.8) is 0 Å². The monoisotopic (exact) mass is 262 g/mol. The number of piperidine rings is 1. The minimum absolute atomic E-state index is 0.0402. The van der Waals surface area contributed by atoms with Gasteiger partial charge >= 0.3 is 0 Å². The minimum Gasteiger partial charge on any atom is -0.383 e. The maximum Gasteiger partial charge on any atom is 0.259 e. The molecule has 2 heterocycles. The van der Waals surface area contributed by atoms with E-state index < -0.39 is 0 Å². The first-order valence-corrected chi connectivity index (χ1v) is 7.18. The molecule has 3 rings (SSSR count). The molecule has 104 valence electrons. The van der Waals surface area contributed by atoms with Crippen LogP contribution >= 0.6 is 0 Å². The first-order chi connectivity index (χ1) is 9.11. The van der Waals surface area contributed by atoms with Crippen LogP contribution in [0, 0.1) is 5.41 Å². The Labute approximate surface area is 113 Å². The predicted molar refractivity (Wildman–Crippen MR) is 73.7 cm³/mol. The number of amides is 1. The Morgan fingerprint density at radius 2 is 1.89 bits per heavy atom. The zero-order valence-corrected chi connectivity index (χ0v) is 11.6. The van der Waals surface area contributed by atoms with E-state index in [9.17, 15) is 4.79 Å². The summed E-state index contributed by atoms with van der Waals surface area (Å²) in [4.78, 5) is 14.4. The van der Waals surface area contributed by atoms with E-state index in [1.807, 2.05) is 4.90 Å². The van der Waals surface area contributed by atoms with Crippen molar-refractivity contribution in [2.24, 2.45) is 12.5 Å². The van der Waals surface area contributed by atoms with Crippen LogP contribution in [-0.2, 0) is 7.05 Å². The SMILES string of the molecule is Cn1ncc(C(=O)N2CCC3(CCCC3)CC2)c1N. The van der Waals surface area contributed by atoms with Gasteiger partial charge in [0.25, 0.3) is 5.91 Å². The Balaban J connectivity index is 1.68. The molecule has 0 atom stereocenters. The normalized spacial score (nSPS) is 22.1. The van der Waals surface area contributed by atoms with Crippen molar-refractivity contribution in [1.29, 1.82) is 0 Å². The van der Waals surface area contributed by atoms with Gasteiger partial charge in [0.2, 0.25) is 0 Å². The molecule has 1 aromatic rings. The van der Waals surface area contributed by atoms with Gasteiger partial charge in [-0.15, -0.1) is 0 Å². The van der Waals surface area contributed by atoms with Crippen molar-refractivity contribution < 1.29 is 4.79 Å². The molecule has 2 N–H and O–H groups in total.